The molecule has 110 valence electrons. The highest BCUT2D eigenvalue weighted by atomic mass is 127. The lowest BCUT2D eigenvalue weighted by Gasteiger charge is -2.01. The molecule has 1 heterocycles. The fourth-order valence-corrected chi connectivity index (χ4v) is 2.00. The predicted octanol–water partition coefficient (Wildman–Crippen LogP) is -0.905. The minimum Gasteiger partial charge on any atom is -1.00 e. The second kappa shape index (κ2) is 10.2. The highest BCUT2D eigenvalue weighted by Gasteiger charge is 2.14. The van der Waals surface area contributed by atoms with Gasteiger partial charge >= 0.3 is 5.97 Å². The number of methoxy groups -OCH3 is 1. The van der Waals surface area contributed by atoms with E-state index in [1.165, 1.54) is 32.1 Å². The van der Waals surface area contributed by atoms with Crippen molar-refractivity contribution in [3.63, 3.8) is 0 Å². The van der Waals surface area contributed by atoms with E-state index in [4.69, 9.17) is 0 Å². The van der Waals surface area contributed by atoms with Crippen LogP contribution in [0.5, 0.6) is 0 Å². The monoisotopic (exact) mass is 380 g/mol. The molecule has 0 fully saturated rings. The van der Waals surface area contributed by atoms with Crippen molar-refractivity contribution in [3.05, 3.63) is 18.2 Å². The average molecular weight is 380 g/mol. The topological polar surface area (TPSA) is 35.1 Å². The lowest BCUT2D eigenvalue weighted by molar-refractivity contribution is -0.693. The van der Waals surface area contributed by atoms with Gasteiger partial charge in [0.15, 0.2) is 0 Å². The maximum atomic E-state index is 11.2. The highest BCUT2D eigenvalue weighted by Crippen LogP contribution is 2.06. The summed E-state index contributed by atoms with van der Waals surface area (Å²) in [6.45, 7) is 6.34. The number of hydrogen-bond acceptors (Lipinski definition) is 2. The molecular formula is C14H25IN2O2. The number of aromatic nitrogens is 2. The van der Waals surface area contributed by atoms with Crippen molar-refractivity contribution in [2.45, 2.75) is 59.0 Å². The molecule has 0 radical (unpaired) electrons. The summed E-state index contributed by atoms with van der Waals surface area (Å²) in [4.78, 5) is 11.2. The molecule has 1 aromatic rings. The summed E-state index contributed by atoms with van der Waals surface area (Å²) in [6, 6.07) is 0. The Morgan fingerprint density at radius 1 is 1.37 bits per heavy atom. The van der Waals surface area contributed by atoms with Crippen LogP contribution in [0.15, 0.2) is 12.5 Å². The third-order valence-corrected chi connectivity index (χ3v) is 3.15. The number of esters is 1. The Balaban J connectivity index is 0.00000324. The van der Waals surface area contributed by atoms with Gasteiger partial charge in [0.2, 0.25) is 6.33 Å². The molecule has 0 spiro atoms. The van der Waals surface area contributed by atoms with E-state index in [9.17, 15) is 4.79 Å². The van der Waals surface area contributed by atoms with Gasteiger partial charge in [-0.1, -0.05) is 13.3 Å². The van der Waals surface area contributed by atoms with Crippen LogP contribution in [-0.4, -0.2) is 17.6 Å². The molecule has 4 nitrogen and oxygen atoms in total. The van der Waals surface area contributed by atoms with Crippen LogP contribution in [0.4, 0.5) is 0 Å². The molecule has 0 amide bonds. The maximum absolute atomic E-state index is 11.2. The fourth-order valence-electron chi connectivity index (χ4n) is 2.00. The maximum Gasteiger partial charge on any atom is 0.305 e. The van der Waals surface area contributed by atoms with Gasteiger partial charge in [0.1, 0.15) is 11.9 Å². The Hall–Kier alpha value is -0.590. The van der Waals surface area contributed by atoms with E-state index < -0.39 is 0 Å². The second-order valence-electron chi connectivity index (χ2n) is 4.54. The molecule has 0 N–H and O–H groups in total. The predicted molar refractivity (Wildman–Crippen MR) is 70.2 cm³/mol. The summed E-state index contributed by atoms with van der Waals surface area (Å²) in [5.41, 5.74) is 1.22. The van der Waals surface area contributed by atoms with Gasteiger partial charge in [-0.05, 0) is 19.8 Å². The highest BCUT2D eigenvalue weighted by molar-refractivity contribution is 5.69. The number of aryl methyl sites for hydroxylation is 3. The van der Waals surface area contributed by atoms with E-state index in [1.54, 1.807) is 0 Å². The number of halogens is 1. The van der Waals surface area contributed by atoms with Crippen molar-refractivity contribution in [3.8, 4) is 0 Å². The molecule has 0 saturated carbocycles. The minimum absolute atomic E-state index is 0. The normalized spacial score (nSPS) is 10.1. The van der Waals surface area contributed by atoms with E-state index in [1.807, 2.05) is 0 Å². The zero-order valence-corrected chi connectivity index (χ0v) is 14.4. The SMILES string of the molecule is CCCCCn1c[n+](CC)cc1CCC(=O)OC.[I-]. The van der Waals surface area contributed by atoms with Crippen LogP contribution in [0, 0.1) is 0 Å². The lowest BCUT2D eigenvalue weighted by atomic mass is 10.2. The summed E-state index contributed by atoms with van der Waals surface area (Å²) in [5.74, 6) is -0.139. The first-order chi connectivity index (χ1) is 8.71. The second-order valence-corrected chi connectivity index (χ2v) is 4.54. The van der Waals surface area contributed by atoms with Crippen molar-refractivity contribution in [1.29, 1.82) is 0 Å². The standard InChI is InChI=1S/C14H25N2O2.HI/c1-4-6-7-10-16-12-15(5-2)11-13(16)8-9-14(17)18-3;/h11-12H,4-10H2,1-3H3;1H/q+1;/p-1. The van der Waals surface area contributed by atoms with Crippen LogP contribution in [0.1, 0.15) is 45.2 Å². The smallest absolute Gasteiger partial charge is 0.305 e. The molecule has 0 saturated heterocycles. The molecule has 5 heteroatoms. The molecule has 0 aliphatic rings. The van der Waals surface area contributed by atoms with Crippen LogP contribution < -0.4 is 28.5 Å². The number of unbranched alkanes of at least 4 members (excludes halogenated alkanes) is 2. The minimum atomic E-state index is -0.139. The van der Waals surface area contributed by atoms with E-state index in [2.05, 4.69) is 40.2 Å². The summed E-state index contributed by atoms with van der Waals surface area (Å²) in [6.07, 6.45) is 9.16. The van der Waals surface area contributed by atoms with Gasteiger partial charge in [0, 0.05) is 6.42 Å². The average Bonchev–Trinajstić information content (AvgIpc) is 2.79. The summed E-state index contributed by atoms with van der Waals surface area (Å²) in [7, 11) is 1.44. The molecule has 19 heavy (non-hydrogen) atoms. The first-order valence-corrected chi connectivity index (χ1v) is 6.86. The number of nitrogens with zero attached hydrogens (tertiary/aromatic N) is 2. The molecule has 1 rings (SSSR count). The molecule has 0 bridgehead atoms. The van der Waals surface area contributed by atoms with E-state index in [0.29, 0.717) is 6.42 Å². The van der Waals surface area contributed by atoms with Crippen molar-refractivity contribution >= 4 is 5.97 Å². The zero-order chi connectivity index (χ0) is 13.4. The van der Waals surface area contributed by atoms with Gasteiger partial charge in [-0.3, -0.25) is 4.79 Å². The Morgan fingerprint density at radius 3 is 2.68 bits per heavy atom. The molecule has 0 aliphatic heterocycles. The van der Waals surface area contributed by atoms with E-state index in [0.717, 1.165) is 19.5 Å². The van der Waals surface area contributed by atoms with Gasteiger partial charge < -0.3 is 28.7 Å². The van der Waals surface area contributed by atoms with E-state index >= 15 is 0 Å². The number of carbonyl (C=O) groups is 1. The molecule has 0 aromatic carbocycles. The Morgan fingerprint density at radius 2 is 2.11 bits per heavy atom. The third kappa shape index (κ3) is 6.40. The number of rotatable bonds is 8. The number of imidazole rings is 1. The zero-order valence-electron chi connectivity index (χ0n) is 12.2. The quantitative estimate of drug-likeness (QED) is 0.254. The van der Waals surface area contributed by atoms with Crippen LogP contribution in [-0.2, 0) is 29.0 Å². The first kappa shape index (κ1) is 18.4. The number of hydrogen-bond donors (Lipinski definition) is 0. The van der Waals surface area contributed by atoms with Gasteiger partial charge in [0.05, 0.1) is 26.6 Å². The Kier molecular flexibility index (Phi) is 9.91. The van der Waals surface area contributed by atoms with Crippen molar-refractivity contribution in [1.82, 2.24) is 4.57 Å². The Bertz CT molecular complexity index is 378. The van der Waals surface area contributed by atoms with Crippen LogP contribution >= 0.6 is 0 Å². The summed E-state index contributed by atoms with van der Waals surface area (Å²) < 4.78 is 9.12. The number of carbonyl (C=O) groups excluding carboxylic acids is 1. The number of ether oxygens (including phenoxy) is 1. The van der Waals surface area contributed by atoms with E-state index in [-0.39, 0.29) is 29.9 Å². The molecule has 0 atom stereocenters. The van der Waals surface area contributed by atoms with Crippen molar-refractivity contribution in [2.75, 3.05) is 7.11 Å². The molecular weight excluding hydrogens is 355 g/mol. The van der Waals surface area contributed by atoms with Gasteiger partial charge in [-0.15, -0.1) is 0 Å². The fraction of sp³-hybridized carbons (Fsp3) is 0.714. The van der Waals surface area contributed by atoms with Crippen LogP contribution in [0.3, 0.4) is 0 Å². The van der Waals surface area contributed by atoms with Crippen LogP contribution in [0.25, 0.3) is 0 Å². The third-order valence-electron chi connectivity index (χ3n) is 3.15. The van der Waals surface area contributed by atoms with Crippen molar-refractivity contribution < 1.29 is 38.1 Å². The first-order valence-electron chi connectivity index (χ1n) is 6.86. The summed E-state index contributed by atoms with van der Waals surface area (Å²) in [5, 5.41) is 0. The molecule has 0 unspecified atom stereocenters. The van der Waals surface area contributed by atoms with Crippen LogP contribution in [0.2, 0.25) is 0 Å². The molecule has 0 aliphatic carbocycles. The van der Waals surface area contributed by atoms with Crippen molar-refractivity contribution in [2.24, 2.45) is 0 Å². The largest absolute Gasteiger partial charge is 1.00 e. The molecule has 1 aromatic heterocycles. The van der Waals surface area contributed by atoms with Gasteiger partial charge in [-0.2, -0.15) is 0 Å². The van der Waals surface area contributed by atoms with Gasteiger partial charge in [-0.25, -0.2) is 9.13 Å². The summed E-state index contributed by atoms with van der Waals surface area (Å²) >= 11 is 0. The van der Waals surface area contributed by atoms with Gasteiger partial charge in [0.25, 0.3) is 0 Å². The lowest BCUT2D eigenvalue weighted by Crippen LogP contribution is -3.00. The Labute approximate surface area is 133 Å².